The van der Waals surface area contributed by atoms with E-state index in [2.05, 4.69) is 15.6 Å². The van der Waals surface area contributed by atoms with Crippen molar-refractivity contribution in [3.8, 4) is 0 Å². The maximum absolute atomic E-state index is 11.6. The monoisotopic (exact) mass is 287 g/mol. The zero-order chi connectivity index (χ0) is 13.9. The molecule has 1 saturated carbocycles. The number of carbonyl (C=O) groups is 1. The van der Waals surface area contributed by atoms with E-state index in [1.54, 1.807) is 6.20 Å². The molecular formula is C15H14ClN3O. The van der Waals surface area contributed by atoms with Gasteiger partial charge in [-0.25, -0.2) is 4.98 Å². The molecule has 1 aliphatic carbocycles. The number of amides is 1. The van der Waals surface area contributed by atoms with Gasteiger partial charge in [-0.2, -0.15) is 0 Å². The number of anilines is 3. The van der Waals surface area contributed by atoms with Gasteiger partial charge in [0.05, 0.1) is 11.9 Å². The second kappa shape index (κ2) is 5.51. The van der Waals surface area contributed by atoms with Crippen LogP contribution in [0.4, 0.5) is 17.2 Å². The van der Waals surface area contributed by atoms with Gasteiger partial charge in [-0.15, -0.1) is 0 Å². The van der Waals surface area contributed by atoms with Crippen molar-refractivity contribution >= 4 is 34.7 Å². The first-order valence-corrected chi connectivity index (χ1v) is 6.88. The van der Waals surface area contributed by atoms with Crippen molar-refractivity contribution in [3.63, 3.8) is 0 Å². The van der Waals surface area contributed by atoms with E-state index >= 15 is 0 Å². The van der Waals surface area contributed by atoms with Gasteiger partial charge < -0.3 is 10.6 Å². The lowest BCUT2D eigenvalue weighted by Gasteiger charge is -2.07. The Hall–Kier alpha value is -2.07. The van der Waals surface area contributed by atoms with Crippen LogP contribution in [0.3, 0.4) is 0 Å². The molecule has 5 heteroatoms. The van der Waals surface area contributed by atoms with Crippen LogP contribution < -0.4 is 10.6 Å². The van der Waals surface area contributed by atoms with Crippen molar-refractivity contribution in [2.75, 3.05) is 10.6 Å². The molecular weight excluding hydrogens is 274 g/mol. The molecule has 1 aromatic heterocycles. The third kappa shape index (κ3) is 3.27. The molecule has 2 aromatic rings. The number of halogens is 1. The van der Waals surface area contributed by atoms with Crippen LogP contribution in [0.15, 0.2) is 42.6 Å². The van der Waals surface area contributed by atoms with E-state index in [4.69, 9.17) is 11.6 Å². The molecule has 1 aliphatic rings. The Labute approximate surface area is 122 Å². The lowest BCUT2D eigenvalue weighted by molar-refractivity contribution is -0.117. The number of hydrogen-bond donors (Lipinski definition) is 2. The Morgan fingerprint density at radius 2 is 2.05 bits per heavy atom. The Bertz CT molecular complexity index is 623. The van der Waals surface area contributed by atoms with E-state index in [0.29, 0.717) is 10.8 Å². The largest absolute Gasteiger partial charge is 0.340 e. The van der Waals surface area contributed by atoms with Gasteiger partial charge in [0.1, 0.15) is 5.82 Å². The third-order valence-corrected chi connectivity index (χ3v) is 3.31. The summed E-state index contributed by atoms with van der Waals surface area (Å²) in [7, 11) is 0. The van der Waals surface area contributed by atoms with Crippen molar-refractivity contribution in [3.05, 3.63) is 47.6 Å². The number of hydrogen-bond acceptors (Lipinski definition) is 3. The highest BCUT2D eigenvalue weighted by atomic mass is 35.5. The molecule has 0 atom stereocenters. The quantitative estimate of drug-likeness (QED) is 0.898. The number of rotatable bonds is 4. The molecule has 1 aromatic carbocycles. The Morgan fingerprint density at radius 3 is 2.70 bits per heavy atom. The van der Waals surface area contributed by atoms with Crippen LogP contribution in [-0.2, 0) is 4.79 Å². The van der Waals surface area contributed by atoms with Gasteiger partial charge in [-0.05, 0) is 43.2 Å². The van der Waals surface area contributed by atoms with Crippen LogP contribution in [0.1, 0.15) is 12.8 Å². The van der Waals surface area contributed by atoms with Gasteiger partial charge >= 0.3 is 0 Å². The first kappa shape index (κ1) is 12.9. The standard InChI is InChI=1S/C15H14ClN3O/c16-11-2-1-3-12(8-11)18-14-7-6-13(9-17-14)19-15(20)10-4-5-10/h1-3,6-10H,4-5H2,(H,17,18)(H,19,20). The smallest absolute Gasteiger partial charge is 0.227 e. The van der Waals surface area contributed by atoms with E-state index in [1.165, 1.54) is 0 Å². The summed E-state index contributed by atoms with van der Waals surface area (Å²) < 4.78 is 0. The minimum Gasteiger partial charge on any atom is -0.340 e. The van der Waals surface area contributed by atoms with Gasteiger partial charge in [0.25, 0.3) is 0 Å². The predicted molar refractivity (Wildman–Crippen MR) is 80.3 cm³/mol. The highest BCUT2D eigenvalue weighted by Crippen LogP contribution is 2.30. The summed E-state index contributed by atoms with van der Waals surface area (Å²) in [5, 5.41) is 6.68. The molecule has 0 saturated heterocycles. The molecule has 0 unspecified atom stereocenters. The Balaban J connectivity index is 1.65. The third-order valence-electron chi connectivity index (χ3n) is 3.08. The minimum absolute atomic E-state index is 0.0855. The van der Waals surface area contributed by atoms with Crippen LogP contribution >= 0.6 is 11.6 Å². The fourth-order valence-electron chi connectivity index (χ4n) is 1.85. The summed E-state index contributed by atoms with van der Waals surface area (Å²) in [4.78, 5) is 15.9. The first-order chi connectivity index (χ1) is 9.70. The van der Waals surface area contributed by atoms with Crippen molar-refractivity contribution in [1.82, 2.24) is 4.98 Å². The number of benzene rings is 1. The van der Waals surface area contributed by atoms with Crippen molar-refractivity contribution in [2.45, 2.75) is 12.8 Å². The van der Waals surface area contributed by atoms with Crippen LogP contribution in [-0.4, -0.2) is 10.9 Å². The summed E-state index contributed by atoms with van der Waals surface area (Å²) in [5.41, 5.74) is 1.60. The summed E-state index contributed by atoms with van der Waals surface area (Å²) in [5.74, 6) is 0.985. The molecule has 20 heavy (non-hydrogen) atoms. The number of aromatic nitrogens is 1. The molecule has 1 amide bonds. The van der Waals surface area contributed by atoms with Crippen LogP contribution in [0, 0.1) is 5.92 Å². The molecule has 2 N–H and O–H groups in total. The number of nitrogens with zero attached hydrogens (tertiary/aromatic N) is 1. The van der Waals surface area contributed by atoms with Crippen LogP contribution in [0.2, 0.25) is 5.02 Å². The van der Waals surface area contributed by atoms with E-state index in [-0.39, 0.29) is 11.8 Å². The maximum atomic E-state index is 11.6. The lowest BCUT2D eigenvalue weighted by Crippen LogP contribution is -2.13. The fourth-order valence-corrected chi connectivity index (χ4v) is 2.04. The van der Waals surface area contributed by atoms with Crippen molar-refractivity contribution in [2.24, 2.45) is 5.92 Å². The van der Waals surface area contributed by atoms with Crippen LogP contribution in [0.5, 0.6) is 0 Å². The zero-order valence-corrected chi connectivity index (χ0v) is 11.5. The second-order valence-electron chi connectivity index (χ2n) is 4.83. The average molecular weight is 288 g/mol. The van der Waals surface area contributed by atoms with Gasteiger partial charge in [0.15, 0.2) is 0 Å². The minimum atomic E-state index is 0.0855. The first-order valence-electron chi connectivity index (χ1n) is 6.50. The van der Waals surface area contributed by atoms with Crippen LogP contribution in [0.25, 0.3) is 0 Å². The average Bonchev–Trinajstić information content (AvgIpc) is 3.25. The van der Waals surface area contributed by atoms with E-state index in [0.717, 1.165) is 24.2 Å². The highest BCUT2D eigenvalue weighted by Gasteiger charge is 2.29. The molecule has 0 bridgehead atoms. The lowest BCUT2D eigenvalue weighted by atomic mass is 10.3. The van der Waals surface area contributed by atoms with Gasteiger partial charge in [-0.3, -0.25) is 4.79 Å². The van der Waals surface area contributed by atoms with E-state index < -0.39 is 0 Å². The normalized spacial score (nSPS) is 13.8. The van der Waals surface area contributed by atoms with E-state index in [9.17, 15) is 4.79 Å². The maximum Gasteiger partial charge on any atom is 0.227 e. The van der Waals surface area contributed by atoms with Crippen molar-refractivity contribution < 1.29 is 4.79 Å². The van der Waals surface area contributed by atoms with Gasteiger partial charge in [0, 0.05) is 16.6 Å². The SMILES string of the molecule is O=C(Nc1ccc(Nc2cccc(Cl)c2)nc1)C1CC1. The number of nitrogens with one attached hydrogen (secondary N) is 2. The molecule has 3 rings (SSSR count). The molecule has 0 spiro atoms. The molecule has 4 nitrogen and oxygen atoms in total. The molecule has 1 heterocycles. The topological polar surface area (TPSA) is 54.0 Å². The summed E-state index contributed by atoms with van der Waals surface area (Å²) in [6.45, 7) is 0. The number of carbonyl (C=O) groups excluding carboxylic acids is 1. The molecule has 0 aliphatic heterocycles. The summed E-state index contributed by atoms with van der Waals surface area (Å²) in [6.07, 6.45) is 3.63. The summed E-state index contributed by atoms with van der Waals surface area (Å²) >= 11 is 5.92. The molecule has 102 valence electrons. The zero-order valence-electron chi connectivity index (χ0n) is 10.8. The van der Waals surface area contributed by atoms with Crippen molar-refractivity contribution in [1.29, 1.82) is 0 Å². The molecule has 1 fully saturated rings. The van der Waals surface area contributed by atoms with E-state index in [1.807, 2.05) is 36.4 Å². The summed E-state index contributed by atoms with van der Waals surface area (Å²) in [6, 6.07) is 11.1. The Kier molecular flexibility index (Phi) is 3.56. The Morgan fingerprint density at radius 1 is 1.20 bits per heavy atom. The van der Waals surface area contributed by atoms with Gasteiger partial charge in [0.2, 0.25) is 5.91 Å². The fraction of sp³-hybridized carbons (Fsp3) is 0.200. The second-order valence-corrected chi connectivity index (χ2v) is 5.27. The predicted octanol–water partition coefficient (Wildman–Crippen LogP) is 3.83. The number of pyridine rings is 1. The highest BCUT2D eigenvalue weighted by molar-refractivity contribution is 6.30. The molecule has 0 radical (unpaired) electrons. The van der Waals surface area contributed by atoms with Gasteiger partial charge in [-0.1, -0.05) is 17.7 Å².